The van der Waals surface area contributed by atoms with Gasteiger partial charge in [0.25, 0.3) is 0 Å². The summed E-state index contributed by atoms with van der Waals surface area (Å²) >= 11 is 5.48. The van der Waals surface area contributed by atoms with Crippen LogP contribution in [0.15, 0.2) is 42.5 Å². The van der Waals surface area contributed by atoms with Gasteiger partial charge in [0.15, 0.2) is 5.11 Å². The molecule has 3 rings (SSSR count). The summed E-state index contributed by atoms with van der Waals surface area (Å²) in [6.45, 7) is 5.80. The van der Waals surface area contributed by atoms with Gasteiger partial charge in [-0.2, -0.15) is 0 Å². The standard InChI is InChI=1S/C24H32FN3O2S/c1-18-4-9-23(19(16-18)17-29)27-24(31)26-21-10-13-28(14-11-21)12-2-3-15-30-22-7-5-20(25)6-8-22/h4-9,16,21,29H,2-3,10-15,17H2,1H3,(H2,26,27,31). The van der Waals surface area contributed by atoms with Crippen molar-refractivity contribution in [1.29, 1.82) is 0 Å². The third-order valence-electron chi connectivity index (χ3n) is 5.55. The Balaban J connectivity index is 1.29. The van der Waals surface area contributed by atoms with Crippen LogP contribution in [0.1, 0.15) is 36.8 Å². The van der Waals surface area contributed by atoms with Crippen molar-refractivity contribution in [2.45, 2.75) is 45.3 Å². The van der Waals surface area contributed by atoms with Crippen LogP contribution < -0.4 is 15.4 Å². The number of piperidine rings is 1. The Morgan fingerprint density at radius 3 is 2.61 bits per heavy atom. The largest absolute Gasteiger partial charge is 0.494 e. The number of hydrogen-bond donors (Lipinski definition) is 3. The lowest BCUT2D eigenvalue weighted by Crippen LogP contribution is -2.46. The van der Waals surface area contributed by atoms with E-state index in [-0.39, 0.29) is 12.4 Å². The maximum Gasteiger partial charge on any atom is 0.171 e. The molecule has 1 saturated heterocycles. The molecule has 168 valence electrons. The van der Waals surface area contributed by atoms with E-state index in [0.717, 1.165) is 67.9 Å². The number of thiocarbonyl (C=S) groups is 1. The molecule has 0 amide bonds. The van der Waals surface area contributed by atoms with E-state index < -0.39 is 0 Å². The van der Waals surface area contributed by atoms with Gasteiger partial charge in [0.05, 0.1) is 13.2 Å². The highest BCUT2D eigenvalue weighted by Crippen LogP contribution is 2.18. The Labute approximate surface area is 189 Å². The lowest BCUT2D eigenvalue weighted by molar-refractivity contribution is 0.197. The number of hydrogen-bond acceptors (Lipinski definition) is 4. The average molecular weight is 446 g/mol. The molecule has 0 saturated carbocycles. The fraction of sp³-hybridized carbons (Fsp3) is 0.458. The molecule has 0 aliphatic carbocycles. The molecular formula is C24H32FN3O2S. The summed E-state index contributed by atoms with van der Waals surface area (Å²) in [5, 5.41) is 16.8. The molecular weight excluding hydrogens is 413 g/mol. The zero-order chi connectivity index (χ0) is 22.1. The van der Waals surface area contributed by atoms with Crippen LogP contribution in [0.4, 0.5) is 10.1 Å². The Morgan fingerprint density at radius 1 is 1.16 bits per heavy atom. The number of rotatable bonds is 9. The molecule has 0 radical (unpaired) electrons. The molecule has 1 heterocycles. The fourth-order valence-electron chi connectivity index (χ4n) is 3.78. The highest BCUT2D eigenvalue weighted by atomic mass is 32.1. The van der Waals surface area contributed by atoms with Gasteiger partial charge in [-0.1, -0.05) is 17.7 Å². The first kappa shape index (κ1) is 23.4. The molecule has 0 atom stereocenters. The summed E-state index contributed by atoms with van der Waals surface area (Å²) in [7, 11) is 0. The summed E-state index contributed by atoms with van der Waals surface area (Å²) in [6.07, 6.45) is 4.16. The zero-order valence-electron chi connectivity index (χ0n) is 18.1. The number of unbranched alkanes of at least 4 members (excludes halogenated alkanes) is 1. The van der Waals surface area contributed by atoms with Crippen molar-refractivity contribution < 1.29 is 14.2 Å². The summed E-state index contributed by atoms with van der Waals surface area (Å²) in [5.41, 5.74) is 2.82. The number of aliphatic hydroxyl groups is 1. The van der Waals surface area contributed by atoms with Gasteiger partial charge >= 0.3 is 0 Å². The van der Waals surface area contributed by atoms with E-state index in [4.69, 9.17) is 17.0 Å². The minimum atomic E-state index is -0.244. The number of benzene rings is 2. The van der Waals surface area contributed by atoms with E-state index >= 15 is 0 Å². The number of halogens is 1. The lowest BCUT2D eigenvalue weighted by atomic mass is 10.0. The third kappa shape index (κ3) is 7.76. The number of nitrogens with zero attached hydrogens (tertiary/aromatic N) is 1. The molecule has 1 aliphatic heterocycles. The molecule has 0 aromatic heterocycles. The van der Waals surface area contributed by atoms with E-state index in [1.165, 1.54) is 12.1 Å². The third-order valence-corrected chi connectivity index (χ3v) is 5.77. The van der Waals surface area contributed by atoms with Gasteiger partial charge in [-0.3, -0.25) is 0 Å². The number of likely N-dealkylation sites (tertiary alicyclic amines) is 1. The highest BCUT2D eigenvalue weighted by Gasteiger charge is 2.19. The molecule has 1 fully saturated rings. The van der Waals surface area contributed by atoms with E-state index in [1.54, 1.807) is 12.1 Å². The van der Waals surface area contributed by atoms with Gasteiger partial charge in [-0.25, -0.2) is 4.39 Å². The van der Waals surface area contributed by atoms with Gasteiger partial charge in [0, 0.05) is 30.4 Å². The normalized spacial score (nSPS) is 14.9. The van der Waals surface area contributed by atoms with Crippen molar-refractivity contribution in [2.24, 2.45) is 0 Å². The van der Waals surface area contributed by atoms with Crippen molar-refractivity contribution in [3.05, 3.63) is 59.4 Å². The quantitative estimate of drug-likeness (QED) is 0.397. The van der Waals surface area contributed by atoms with Crippen LogP contribution in [0.5, 0.6) is 5.75 Å². The van der Waals surface area contributed by atoms with Crippen LogP contribution in [0, 0.1) is 12.7 Å². The second-order valence-electron chi connectivity index (χ2n) is 8.04. The van der Waals surface area contributed by atoms with Crippen LogP contribution in [0.25, 0.3) is 0 Å². The summed E-state index contributed by atoms with van der Waals surface area (Å²) < 4.78 is 18.5. The molecule has 2 aromatic rings. The Hall–Kier alpha value is -2.22. The molecule has 0 bridgehead atoms. The van der Waals surface area contributed by atoms with Crippen molar-refractivity contribution in [3.8, 4) is 5.75 Å². The van der Waals surface area contributed by atoms with Gasteiger partial charge in [-0.15, -0.1) is 0 Å². The first-order chi connectivity index (χ1) is 15.0. The van der Waals surface area contributed by atoms with Gasteiger partial charge in [0.1, 0.15) is 11.6 Å². The monoisotopic (exact) mass is 445 g/mol. The van der Waals surface area contributed by atoms with Gasteiger partial charge in [-0.05, 0) is 81.7 Å². The molecule has 7 heteroatoms. The van der Waals surface area contributed by atoms with Crippen LogP contribution in [-0.4, -0.2) is 47.4 Å². The topological polar surface area (TPSA) is 56.8 Å². The second kappa shape index (κ2) is 12.0. The van der Waals surface area contributed by atoms with Gasteiger partial charge < -0.3 is 25.4 Å². The molecule has 0 spiro atoms. The van der Waals surface area contributed by atoms with E-state index in [2.05, 4.69) is 15.5 Å². The SMILES string of the molecule is Cc1ccc(NC(=S)NC2CCN(CCCCOc3ccc(F)cc3)CC2)c(CO)c1. The number of nitrogens with one attached hydrogen (secondary N) is 2. The molecule has 0 unspecified atom stereocenters. The predicted molar refractivity (Wildman–Crippen MR) is 127 cm³/mol. The number of anilines is 1. The minimum Gasteiger partial charge on any atom is -0.494 e. The predicted octanol–water partition coefficient (Wildman–Crippen LogP) is 4.24. The maximum absolute atomic E-state index is 12.9. The number of aliphatic hydroxyl groups excluding tert-OH is 1. The summed E-state index contributed by atoms with van der Waals surface area (Å²) in [6, 6.07) is 12.5. The summed E-state index contributed by atoms with van der Waals surface area (Å²) in [4.78, 5) is 2.48. The highest BCUT2D eigenvalue weighted by molar-refractivity contribution is 7.80. The summed E-state index contributed by atoms with van der Waals surface area (Å²) in [5.74, 6) is 0.474. The number of aryl methyl sites for hydroxylation is 1. The van der Waals surface area contributed by atoms with Crippen molar-refractivity contribution in [3.63, 3.8) is 0 Å². The van der Waals surface area contributed by atoms with Gasteiger partial charge in [0.2, 0.25) is 0 Å². The van der Waals surface area contributed by atoms with Crippen molar-refractivity contribution >= 4 is 23.0 Å². The Morgan fingerprint density at radius 2 is 1.90 bits per heavy atom. The smallest absolute Gasteiger partial charge is 0.171 e. The Kier molecular flexibility index (Phi) is 9.06. The maximum atomic E-state index is 12.9. The first-order valence-electron chi connectivity index (χ1n) is 10.9. The van der Waals surface area contributed by atoms with E-state index in [0.29, 0.717) is 17.8 Å². The molecule has 2 aromatic carbocycles. The second-order valence-corrected chi connectivity index (χ2v) is 8.45. The van der Waals surface area contributed by atoms with E-state index in [1.807, 2.05) is 25.1 Å². The lowest BCUT2D eigenvalue weighted by Gasteiger charge is -2.33. The minimum absolute atomic E-state index is 0.0139. The average Bonchev–Trinajstić information content (AvgIpc) is 2.77. The van der Waals surface area contributed by atoms with Crippen LogP contribution in [0.2, 0.25) is 0 Å². The fourth-order valence-corrected chi connectivity index (χ4v) is 4.05. The van der Waals surface area contributed by atoms with Crippen molar-refractivity contribution in [1.82, 2.24) is 10.2 Å². The Bertz CT molecular complexity index is 839. The zero-order valence-corrected chi connectivity index (χ0v) is 18.9. The molecule has 31 heavy (non-hydrogen) atoms. The molecule has 1 aliphatic rings. The van der Waals surface area contributed by atoms with Crippen molar-refractivity contribution in [2.75, 3.05) is 31.6 Å². The molecule has 5 nitrogen and oxygen atoms in total. The van der Waals surface area contributed by atoms with E-state index in [9.17, 15) is 9.50 Å². The van der Waals surface area contributed by atoms with Crippen LogP contribution in [-0.2, 0) is 6.61 Å². The van der Waals surface area contributed by atoms with Crippen LogP contribution in [0.3, 0.4) is 0 Å². The number of ether oxygens (including phenoxy) is 1. The first-order valence-corrected chi connectivity index (χ1v) is 11.3. The van der Waals surface area contributed by atoms with Crippen LogP contribution >= 0.6 is 12.2 Å². The molecule has 3 N–H and O–H groups in total.